The first-order valence-electron chi connectivity index (χ1n) is 8.00. The number of halogens is 3. The summed E-state index contributed by atoms with van der Waals surface area (Å²) in [6, 6.07) is 7.03. The van der Waals surface area contributed by atoms with E-state index >= 15 is 0 Å². The summed E-state index contributed by atoms with van der Waals surface area (Å²) in [5.74, 6) is -0.244. The fourth-order valence-corrected chi connectivity index (χ4v) is 2.76. The largest absolute Gasteiger partial charge is 0.435 e. The van der Waals surface area contributed by atoms with Crippen molar-refractivity contribution in [3.05, 3.63) is 47.8 Å². The van der Waals surface area contributed by atoms with Crippen LogP contribution in [-0.4, -0.2) is 34.4 Å². The van der Waals surface area contributed by atoms with Crippen molar-refractivity contribution in [2.24, 2.45) is 0 Å². The van der Waals surface area contributed by atoms with E-state index in [2.05, 4.69) is 10.4 Å². The van der Waals surface area contributed by atoms with Crippen molar-refractivity contribution in [1.82, 2.24) is 15.1 Å². The Balaban J connectivity index is 1.67. The molecule has 5 nitrogen and oxygen atoms in total. The van der Waals surface area contributed by atoms with Crippen LogP contribution in [0.1, 0.15) is 35.8 Å². The molecule has 1 aliphatic rings. The molecular formula is C17H18F3N3O2. The maximum absolute atomic E-state index is 12.6. The van der Waals surface area contributed by atoms with E-state index in [0.29, 0.717) is 17.9 Å². The summed E-state index contributed by atoms with van der Waals surface area (Å²) < 4.78 is 44.5. The highest BCUT2D eigenvalue weighted by molar-refractivity contribution is 5.94. The van der Waals surface area contributed by atoms with Gasteiger partial charge in [0.25, 0.3) is 5.91 Å². The van der Waals surface area contributed by atoms with Crippen molar-refractivity contribution in [3.63, 3.8) is 0 Å². The molecule has 1 N–H and O–H groups in total. The summed E-state index contributed by atoms with van der Waals surface area (Å²) >= 11 is 0. The maximum Gasteiger partial charge on any atom is 0.435 e. The third-order valence-corrected chi connectivity index (χ3v) is 4.15. The van der Waals surface area contributed by atoms with Gasteiger partial charge in [0.15, 0.2) is 5.69 Å². The SMILES string of the molecule is C[C@H](NC(=O)c1ccc(-n2ccc(C(F)(F)F)n2)cc1)[C@H]1CCCO1. The Kier molecular flexibility index (Phi) is 4.80. The van der Waals surface area contributed by atoms with E-state index < -0.39 is 11.9 Å². The smallest absolute Gasteiger partial charge is 0.376 e. The number of ether oxygens (including phenoxy) is 1. The highest BCUT2D eigenvalue weighted by atomic mass is 19.4. The fourth-order valence-electron chi connectivity index (χ4n) is 2.76. The summed E-state index contributed by atoms with van der Waals surface area (Å²) in [6.07, 6.45) is -1.32. The van der Waals surface area contributed by atoms with E-state index in [1.54, 1.807) is 24.3 Å². The second kappa shape index (κ2) is 6.87. The number of carbonyl (C=O) groups excluding carboxylic acids is 1. The molecule has 0 bridgehead atoms. The number of hydrogen-bond acceptors (Lipinski definition) is 3. The minimum atomic E-state index is -4.48. The van der Waals surface area contributed by atoms with Crippen molar-refractivity contribution < 1.29 is 22.7 Å². The molecule has 0 radical (unpaired) electrons. The van der Waals surface area contributed by atoms with Gasteiger partial charge in [0.1, 0.15) is 0 Å². The second-order valence-electron chi connectivity index (χ2n) is 6.00. The molecule has 3 rings (SSSR count). The van der Waals surface area contributed by atoms with Crippen LogP contribution in [0.3, 0.4) is 0 Å². The van der Waals surface area contributed by atoms with E-state index in [1.807, 2.05) is 6.92 Å². The van der Waals surface area contributed by atoms with Gasteiger partial charge in [-0.1, -0.05) is 0 Å². The van der Waals surface area contributed by atoms with Crippen molar-refractivity contribution in [2.45, 2.75) is 38.1 Å². The molecule has 2 aromatic rings. The second-order valence-corrected chi connectivity index (χ2v) is 6.00. The summed E-state index contributed by atoms with van der Waals surface area (Å²) in [6.45, 7) is 2.61. The van der Waals surface area contributed by atoms with Crippen LogP contribution in [0, 0.1) is 0 Å². The Morgan fingerprint density at radius 1 is 1.32 bits per heavy atom. The summed E-state index contributed by atoms with van der Waals surface area (Å²) in [5, 5.41) is 6.39. The van der Waals surface area contributed by atoms with Gasteiger partial charge in [0.2, 0.25) is 0 Å². The molecule has 25 heavy (non-hydrogen) atoms. The zero-order chi connectivity index (χ0) is 18.0. The number of carbonyl (C=O) groups is 1. The van der Waals surface area contributed by atoms with Gasteiger partial charge in [-0.15, -0.1) is 0 Å². The van der Waals surface area contributed by atoms with Crippen molar-refractivity contribution >= 4 is 5.91 Å². The van der Waals surface area contributed by atoms with E-state index in [9.17, 15) is 18.0 Å². The zero-order valence-corrected chi connectivity index (χ0v) is 13.6. The fraction of sp³-hybridized carbons (Fsp3) is 0.412. The lowest BCUT2D eigenvalue weighted by molar-refractivity contribution is -0.141. The Bertz CT molecular complexity index is 734. The molecule has 1 aliphatic heterocycles. The summed E-state index contributed by atoms with van der Waals surface area (Å²) in [5.41, 5.74) is -0.0873. The van der Waals surface area contributed by atoms with Crippen LogP contribution in [0.5, 0.6) is 0 Å². The summed E-state index contributed by atoms with van der Waals surface area (Å²) in [7, 11) is 0. The first-order valence-corrected chi connectivity index (χ1v) is 8.00. The average molecular weight is 353 g/mol. The van der Waals surface area contributed by atoms with Crippen LogP contribution in [0.4, 0.5) is 13.2 Å². The van der Waals surface area contributed by atoms with E-state index in [0.717, 1.165) is 23.6 Å². The van der Waals surface area contributed by atoms with Crippen molar-refractivity contribution in [3.8, 4) is 5.69 Å². The minimum absolute atomic E-state index is 0.0214. The van der Waals surface area contributed by atoms with Gasteiger partial charge in [-0.3, -0.25) is 4.79 Å². The Hall–Kier alpha value is -2.35. The van der Waals surface area contributed by atoms with E-state index in [4.69, 9.17) is 4.74 Å². The number of alkyl halides is 3. The molecule has 1 saturated heterocycles. The van der Waals surface area contributed by atoms with Crippen molar-refractivity contribution in [2.75, 3.05) is 6.61 Å². The predicted octanol–water partition coefficient (Wildman–Crippen LogP) is 3.19. The van der Waals surface area contributed by atoms with Crippen LogP contribution >= 0.6 is 0 Å². The Morgan fingerprint density at radius 2 is 2.04 bits per heavy atom. The van der Waals surface area contributed by atoms with Gasteiger partial charge < -0.3 is 10.1 Å². The molecule has 1 fully saturated rings. The van der Waals surface area contributed by atoms with Gasteiger partial charge >= 0.3 is 6.18 Å². The van der Waals surface area contributed by atoms with Gasteiger partial charge in [0, 0.05) is 18.4 Å². The van der Waals surface area contributed by atoms with Crippen LogP contribution in [0.2, 0.25) is 0 Å². The lowest BCUT2D eigenvalue weighted by Gasteiger charge is -2.20. The molecule has 2 atom stereocenters. The zero-order valence-electron chi connectivity index (χ0n) is 13.6. The van der Waals surface area contributed by atoms with Crippen LogP contribution < -0.4 is 5.32 Å². The van der Waals surface area contributed by atoms with Crippen LogP contribution in [0.15, 0.2) is 36.5 Å². The third-order valence-electron chi connectivity index (χ3n) is 4.15. The van der Waals surface area contributed by atoms with Crippen LogP contribution in [0.25, 0.3) is 5.69 Å². The van der Waals surface area contributed by atoms with E-state index in [1.165, 1.54) is 6.20 Å². The number of nitrogens with one attached hydrogen (secondary N) is 1. The molecule has 1 amide bonds. The topological polar surface area (TPSA) is 56.2 Å². The first kappa shape index (κ1) is 17.5. The molecule has 8 heteroatoms. The molecule has 1 aromatic heterocycles. The molecule has 1 aromatic carbocycles. The Labute approximate surface area is 142 Å². The number of rotatable bonds is 4. The molecule has 2 heterocycles. The summed E-state index contributed by atoms with van der Waals surface area (Å²) in [4.78, 5) is 12.3. The van der Waals surface area contributed by atoms with Gasteiger partial charge in [-0.05, 0) is 50.1 Å². The number of nitrogens with zero attached hydrogens (tertiary/aromatic N) is 2. The quantitative estimate of drug-likeness (QED) is 0.918. The lowest BCUT2D eigenvalue weighted by Crippen LogP contribution is -2.40. The molecule has 0 aliphatic carbocycles. The van der Waals surface area contributed by atoms with Gasteiger partial charge in [0.05, 0.1) is 17.8 Å². The highest BCUT2D eigenvalue weighted by Gasteiger charge is 2.33. The Morgan fingerprint density at radius 3 is 2.60 bits per heavy atom. The number of benzene rings is 1. The highest BCUT2D eigenvalue weighted by Crippen LogP contribution is 2.27. The van der Waals surface area contributed by atoms with Crippen molar-refractivity contribution in [1.29, 1.82) is 0 Å². The number of hydrogen-bond donors (Lipinski definition) is 1. The van der Waals surface area contributed by atoms with E-state index in [-0.39, 0.29) is 18.1 Å². The molecular weight excluding hydrogens is 335 g/mol. The van der Waals surface area contributed by atoms with Crippen LogP contribution in [-0.2, 0) is 10.9 Å². The normalized spacial score (nSPS) is 19.0. The lowest BCUT2D eigenvalue weighted by atomic mass is 10.1. The third kappa shape index (κ3) is 4.01. The predicted molar refractivity (Wildman–Crippen MR) is 84.5 cm³/mol. The monoisotopic (exact) mass is 353 g/mol. The number of amides is 1. The average Bonchev–Trinajstić information content (AvgIpc) is 3.26. The van der Waals surface area contributed by atoms with Gasteiger partial charge in [-0.2, -0.15) is 18.3 Å². The molecule has 0 spiro atoms. The number of aromatic nitrogens is 2. The molecule has 0 saturated carbocycles. The molecule has 0 unspecified atom stereocenters. The minimum Gasteiger partial charge on any atom is -0.376 e. The van der Waals surface area contributed by atoms with Gasteiger partial charge in [-0.25, -0.2) is 4.68 Å². The molecule has 134 valence electrons. The first-order chi connectivity index (χ1) is 11.8. The maximum atomic E-state index is 12.6. The standard InChI is InChI=1S/C17H18F3N3O2/c1-11(14-3-2-10-25-14)21-16(24)12-4-6-13(7-5-12)23-9-8-15(22-23)17(18,19)20/h4-9,11,14H,2-3,10H2,1H3,(H,21,24)/t11-,14+/m0/s1.